The Kier molecular flexibility index (Phi) is 10.4. The van der Waals surface area contributed by atoms with Crippen LogP contribution in [0.15, 0.2) is 59.0 Å². The van der Waals surface area contributed by atoms with Crippen LogP contribution in [0.25, 0.3) is 33.5 Å². The van der Waals surface area contributed by atoms with Crippen molar-refractivity contribution in [2.24, 2.45) is 17.6 Å². The molecule has 54 heavy (non-hydrogen) atoms. The number of nitrogens with zero attached hydrogens (tertiary/aromatic N) is 3. The van der Waals surface area contributed by atoms with Crippen molar-refractivity contribution in [1.29, 1.82) is 0 Å². The third-order valence-electron chi connectivity index (χ3n) is 10.7. The minimum absolute atomic E-state index is 0.0653. The summed E-state index contributed by atoms with van der Waals surface area (Å²) in [6.07, 6.45) is 9.74. The minimum Gasteiger partial charge on any atom is -0.497 e. The Bertz CT molecular complexity index is 2220. The van der Waals surface area contributed by atoms with Crippen LogP contribution in [0.5, 0.6) is 11.6 Å². The Morgan fingerprint density at radius 2 is 1.83 bits per heavy atom. The van der Waals surface area contributed by atoms with Crippen molar-refractivity contribution >= 4 is 49.8 Å². The number of furan rings is 1. The van der Waals surface area contributed by atoms with Crippen LogP contribution in [0.2, 0.25) is 0 Å². The van der Waals surface area contributed by atoms with Gasteiger partial charge in [0.15, 0.2) is 5.82 Å². The summed E-state index contributed by atoms with van der Waals surface area (Å²) in [4.78, 5) is 49.0. The van der Waals surface area contributed by atoms with E-state index in [1.54, 1.807) is 38.3 Å². The quantitative estimate of drug-likeness (QED) is 0.108. The molecule has 1 aliphatic heterocycles. The number of likely N-dealkylation sites (tertiary alicyclic amines) is 1. The molecule has 2 saturated carbocycles. The predicted octanol–water partition coefficient (Wildman–Crippen LogP) is 5.56. The van der Waals surface area contributed by atoms with E-state index >= 15 is 0 Å². The molecule has 0 unspecified atom stereocenters. The Labute approximate surface area is 312 Å². The number of primary amides is 1. The van der Waals surface area contributed by atoms with Gasteiger partial charge in [-0.1, -0.05) is 25.0 Å². The number of hydrogen-bond donors (Lipinski definition) is 2. The zero-order valence-corrected chi connectivity index (χ0v) is 31.1. The van der Waals surface area contributed by atoms with Crippen molar-refractivity contribution in [1.82, 2.24) is 19.6 Å². The number of carbonyl (C=O) groups excluding carboxylic acids is 3. The molecule has 2 aromatic carbocycles. The van der Waals surface area contributed by atoms with Gasteiger partial charge in [0, 0.05) is 29.7 Å². The minimum atomic E-state index is -3.61. The summed E-state index contributed by atoms with van der Waals surface area (Å²) in [5, 5.41) is 0.454. The number of hydrogen-bond acceptors (Lipinski definition) is 10. The number of nitrogens with one attached hydrogen (secondary N) is 1. The first kappa shape index (κ1) is 37.3. The molecule has 3 amide bonds. The Balaban J connectivity index is 0.916. The van der Waals surface area contributed by atoms with Crippen molar-refractivity contribution in [2.45, 2.75) is 88.0 Å². The Morgan fingerprint density at radius 1 is 1.07 bits per heavy atom. The second-order valence-corrected chi connectivity index (χ2v) is 16.9. The van der Waals surface area contributed by atoms with E-state index in [4.69, 9.17) is 19.6 Å². The maximum absolute atomic E-state index is 14.3. The SMILES string of the molecule is COc1ccc(-c2nc(O[C@@H]3C[C@@H](C(N)=O)N(C(=O)CCCCCC/C=C\[C@@H]4C[C@@H]4C(=O)NS(=O)(=O)C4(C)CC4)C3)c3oc4ccc(F)cc4c3n2)cc1. The number of nitrogens with two attached hydrogens (primary N) is 1. The molecule has 3 heterocycles. The second-order valence-electron chi connectivity index (χ2n) is 14.7. The third kappa shape index (κ3) is 7.91. The molecule has 15 heteroatoms. The summed E-state index contributed by atoms with van der Waals surface area (Å²) in [5.41, 5.74) is 7.40. The number of sulfonamides is 1. The fourth-order valence-corrected chi connectivity index (χ4v) is 8.24. The molecule has 286 valence electrons. The van der Waals surface area contributed by atoms with Gasteiger partial charge in [-0.3, -0.25) is 19.1 Å². The van der Waals surface area contributed by atoms with Crippen molar-refractivity contribution in [3.05, 3.63) is 60.4 Å². The van der Waals surface area contributed by atoms with E-state index in [0.717, 1.165) is 25.7 Å². The molecule has 4 aromatic rings. The lowest BCUT2D eigenvalue weighted by molar-refractivity contribution is -0.137. The highest BCUT2D eigenvalue weighted by molar-refractivity contribution is 7.91. The number of carbonyl (C=O) groups is 3. The number of rotatable bonds is 16. The van der Waals surface area contributed by atoms with E-state index < -0.39 is 44.5 Å². The molecule has 3 fully saturated rings. The fraction of sp³-hybridized carbons (Fsp3) is 0.462. The smallest absolute Gasteiger partial charge is 0.262 e. The van der Waals surface area contributed by atoms with Gasteiger partial charge < -0.3 is 24.5 Å². The van der Waals surface area contributed by atoms with Crippen molar-refractivity contribution in [3.8, 4) is 23.0 Å². The molecule has 13 nitrogen and oxygen atoms in total. The molecular formula is C39H44FN5O8S. The first-order chi connectivity index (χ1) is 25.9. The predicted molar refractivity (Wildman–Crippen MR) is 198 cm³/mol. The normalized spacial score (nSPS) is 21.8. The van der Waals surface area contributed by atoms with E-state index in [9.17, 15) is 27.2 Å². The van der Waals surface area contributed by atoms with Gasteiger partial charge in [-0.05, 0) is 93.8 Å². The number of benzene rings is 2. The highest BCUT2D eigenvalue weighted by atomic mass is 32.2. The van der Waals surface area contributed by atoms with Crippen LogP contribution >= 0.6 is 0 Å². The van der Waals surface area contributed by atoms with Crippen molar-refractivity contribution in [3.63, 3.8) is 0 Å². The average molecular weight is 762 g/mol. The van der Waals surface area contributed by atoms with Gasteiger partial charge in [-0.2, -0.15) is 4.98 Å². The Hall–Kier alpha value is -5.05. The highest BCUT2D eigenvalue weighted by Gasteiger charge is 2.52. The zero-order chi connectivity index (χ0) is 38.2. The first-order valence-electron chi connectivity index (χ1n) is 18.4. The van der Waals surface area contributed by atoms with E-state index in [2.05, 4.69) is 14.7 Å². The molecule has 2 aromatic heterocycles. The largest absolute Gasteiger partial charge is 0.497 e. The van der Waals surface area contributed by atoms with Gasteiger partial charge in [-0.25, -0.2) is 17.8 Å². The van der Waals surface area contributed by atoms with Crippen LogP contribution in [-0.4, -0.2) is 71.6 Å². The first-order valence-corrected chi connectivity index (χ1v) is 19.9. The topological polar surface area (TPSA) is 184 Å². The third-order valence-corrected chi connectivity index (χ3v) is 12.9. The molecule has 7 rings (SSSR count). The van der Waals surface area contributed by atoms with Crippen LogP contribution in [0.3, 0.4) is 0 Å². The van der Waals surface area contributed by atoms with Crippen LogP contribution < -0.4 is 19.9 Å². The van der Waals surface area contributed by atoms with Gasteiger partial charge in [0.25, 0.3) is 5.88 Å². The monoisotopic (exact) mass is 761 g/mol. The molecule has 3 aliphatic rings. The molecule has 4 atom stereocenters. The fourth-order valence-electron chi connectivity index (χ4n) is 6.94. The molecule has 2 aliphatic carbocycles. The number of amides is 3. The number of methoxy groups -OCH3 is 1. The Morgan fingerprint density at radius 3 is 2.56 bits per heavy atom. The summed E-state index contributed by atoms with van der Waals surface area (Å²) in [6.45, 7) is 1.78. The lowest BCUT2D eigenvalue weighted by atomic mass is 10.1. The van der Waals surface area contributed by atoms with Gasteiger partial charge in [-0.15, -0.1) is 0 Å². The number of aromatic nitrogens is 2. The van der Waals surface area contributed by atoms with E-state index in [-0.39, 0.29) is 48.6 Å². The number of fused-ring (bicyclic) bond motifs is 3. The van der Waals surface area contributed by atoms with Gasteiger partial charge in [0.05, 0.1) is 18.4 Å². The summed E-state index contributed by atoms with van der Waals surface area (Å²) >= 11 is 0. The molecule has 0 bridgehead atoms. The lowest BCUT2D eigenvalue weighted by Crippen LogP contribution is -2.43. The number of allylic oxidation sites excluding steroid dienone is 2. The van der Waals surface area contributed by atoms with E-state index in [0.29, 0.717) is 59.3 Å². The van der Waals surface area contributed by atoms with Crippen LogP contribution in [-0.2, 0) is 24.4 Å². The summed E-state index contributed by atoms with van der Waals surface area (Å²) in [5.74, 6) is -0.826. The second kappa shape index (κ2) is 15.0. The van der Waals surface area contributed by atoms with Crippen molar-refractivity contribution < 1.29 is 41.1 Å². The van der Waals surface area contributed by atoms with Gasteiger partial charge >= 0.3 is 0 Å². The molecule has 3 N–H and O–H groups in total. The molecule has 0 spiro atoms. The number of halogens is 1. The lowest BCUT2D eigenvalue weighted by Gasteiger charge is -2.21. The maximum atomic E-state index is 14.3. The van der Waals surface area contributed by atoms with Crippen molar-refractivity contribution in [2.75, 3.05) is 13.7 Å². The summed E-state index contributed by atoms with van der Waals surface area (Å²) < 4.78 is 58.0. The summed E-state index contributed by atoms with van der Waals surface area (Å²) in [6, 6.07) is 10.4. The zero-order valence-electron chi connectivity index (χ0n) is 30.3. The average Bonchev–Trinajstić information content (AvgIpc) is 4.02. The summed E-state index contributed by atoms with van der Waals surface area (Å²) in [7, 11) is -2.05. The van der Waals surface area contributed by atoms with Crippen LogP contribution in [0, 0.1) is 17.7 Å². The van der Waals surface area contributed by atoms with E-state index in [1.807, 2.05) is 12.2 Å². The van der Waals surface area contributed by atoms with Crippen LogP contribution in [0.4, 0.5) is 4.39 Å². The maximum Gasteiger partial charge on any atom is 0.262 e. The highest BCUT2D eigenvalue weighted by Crippen LogP contribution is 2.44. The van der Waals surface area contributed by atoms with E-state index in [1.165, 1.54) is 23.1 Å². The molecule has 0 radical (unpaired) electrons. The number of ether oxygens (including phenoxy) is 2. The van der Waals surface area contributed by atoms with Crippen LogP contribution in [0.1, 0.15) is 71.1 Å². The van der Waals surface area contributed by atoms with Gasteiger partial charge in [0.1, 0.15) is 34.8 Å². The van der Waals surface area contributed by atoms with Gasteiger partial charge in [0.2, 0.25) is 33.3 Å². The molecular weight excluding hydrogens is 718 g/mol. The standard InChI is InChI=1S/C39H44FN5O8S/c1-39(17-18-39)54(49,50)44-37(48)28-19-24(28)9-7-5-3-4-6-8-10-32(46)45-22-27(21-30(45)35(41)47)52-38-34-33(29-20-25(40)13-16-31(29)53-34)42-36(43-38)23-11-14-26(51-2)15-12-23/h7,9,11-16,20,24,27-28,30H,3-6,8,10,17-19,21-22H2,1-2H3,(H2,41,47)(H,44,48)/b9-7-/t24-,27-,28+,30+/m1/s1. The molecule has 1 saturated heterocycles. The number of unbranched alkanes of at least 4 members (excludes halogenated alkanes) is 4.